The van der Waals surface area contributed by atoms with E-state index < -0.39 is 56.1 Å². The Morgan fingerprint density at radius 2 is 1.50 bits per heavy atom. The average Bonchev–Trinajstić information content (AvgIpc) is 2.98. The molecule has 1 aliphatic heterocycles. The van der Waals surface area contributed by atoms with Crippen molar-refractivity contribution in [3.05, 3.63) is 47.5 Å². The summed E-state index contributed by atoms with van der Waals surface area (Å²) < 4.78 is 33.2. The summed E-state index contributed by atoms with van der Waals surface area (Å²) in [5.41, 5.74) is 0.938. The van der Waals surface area contributed by atoms with Gasteiger partial charge >= 0.3 is 0 Å². The highest BCUT2D eigenvalue weighted by atomic mass is 16.7. The third-order valence-corrected chi connectivity index (χ3v) is 6.32. The number of benzene rings is 2. The van der Waals surface area contributed by atoms with Crippen LogP contribution < -0.4 is 23.7 Å². The Morgan fingerprint density at radius 1 is 0.850 bits per heavy atom. The molecule has 7 atom stereocenters. The summed E-state index contributed by atoms with van der Waals surface area (Å²) >= 11 is 0. The van der Waals surface area contributed by atoms with Gasteiger partial charge in [0.1, 0.15) is 30.5 Å². The lowest BCUT2D eigenvalue weighted by molar-refractivity contribution is -0.277. The van der Waals surface area contributed by atoms with Crippen LogP contribution >= 0.6 is 0 Å². The van der Waals surface area contributed by atoms with Gasteiger partial charge in [0.15, 0.2) is 29.1 Å². The van der Waals surface area contributed by atoms with Gasteiger partial charge in [-0.25, -0.2) is 0 Å². The standard InChI is InChI=1S/C27H36O13/c1-35-17-11-15(6-7-16(17)39-27-25(34)24(33)23(32)21(13-30)40-27)22(31)20(12-29)38-26-18(36-2)9-14(5-4-8-28)10-19(26)37-3/h4-7,9-11,20-25,27-34H,8,12-13H2,1-3H3/t20-,21-,22+,23-,24+,25-,27-/m1/s1. The van der Waals surface area contributed by atoms with E-state index in [4.69, 9.17) is 33.5 Å². The van der Waals surface area contributed by atoms with Crippen molar-refractivity contribution in [2.75, 3.05) is 41.2 Å². The number of hydrogen-bond acceptors (Lipinski definition) is 13. The fourth-order valence-corrected chi connectivity index (χ4v) is 4.12. The molecule has 13 nitrogen and oxygen atoms in total. The van der Waals surface area contributed by atoms with E-state index >= 15 is 0 Å². The molecule has 13 heteroatoms. The molecule has 0 amide bonds. The maximum absolute atomic E-state index is 11.1. The van der Waals surface area contributed by atoms with Crippen LogP contribution in [0.5, 0.6) is 28.7 Å². The molecule has 2 aromatic rings. The summed E-state index contributed by atoms with van der Waals surface area (Å²) in [5, 5.41) is 69.9. The zero-order valence-corrected chi connectivity index (χ0v) is 22.3. The number of hydrogen-bond donors (Lipinski definition) is 7. The van der Waals surface area contributed by atoms with Gasteiger partial charge < -0.3 is 64.2 Å². The third kappa shape index (κ3) is 6.95. The summed E-state index contributed by atoms with van der Waals surface area (Å²) in [6.45, 7) is -1.37. The second-order valence-electron chi connectivity index (χ2n) is 8.85. The summed E-state index contributed by atoms with van der Waals surface area (Å²) in [5.74, 6) is 0.852. The van der Waals surface area contributed by atoms with Crippen LogP contribution in [0.25, 0.3) is 6.08 Å². The van der Waals surface area contributed by atoms with Gasteiger partial charge in [-0.15, -0.1) is 0 Å². The molecule has 3 rings (SSSR count). The lowest BCUT2D eigenvalue weighted by Gasteiger charge is -2.39. The zero-order chi connectivity index (χ0) is 29.4. The normalized spacial score (nSPS) is 24.4. The average molecular weight is 569 g/mol. The van der Waals surface area contributed by atoms with E-state index in [1.165, 1.54) is 45.6 Å². The van der Waals surface area contributed by atoms with Crippen LogP contribution in [-0.2, 0) is 4.74 Å². The van der Waals surface area contributed by atoms with E-state index in [9.17, 15) is 30.6 Å². The van der Waals surface area contributed by atoms with Crippen LogP contribution in [0.3, 0.4) is 0 Å². The molecular weight excluding hydrogens is 532 g/mol. The Morgan fingerprint density at radius 3 is 2.05 bits per heavy atom. The molecule has 1 saturated heterocycles. The van der Waals surface area contributed by atoms with Crippen LogP contribution in [-0.4, -0.2) is 114 Å². The fourth-order valence-electron chi connectivity index (χ4n) is 4.12. The first-order chi connectivity index (χ1) is 19.2. The minimum Gasteiger partial charge on any atom is -0.493 e. The number of aliphatic hydroxyl groups is 7. The molecule has 222 valence electrons. The van der Waals surface area contributed by atoms with E-state index in [0.29, 0.717) is 5.56 Å². The summed E-state index contributed by atoms with van der Waals surface area (Å²) in [6.07, 6.45) is -6.75. The van der Waals surface area contributed by atoms with Crippen LogP contribution in [0.1, 0.15) is 17.2 Å². The van der Waals surface area contributed by atoms with E-state index in [1.807, 2.05) is 0 Å². The first-order valence-electron chi connectivity index (χ1n) is 12.4. The smallest absolute Gasteiger partial charge is 0.229 e. The molecule has 0 spiro atoms. The molecule has 1 heterocycles. The highest BCUT2D eigenvalue weighted by Crippen LogP contribution is 2.41. The minimum absolute atomic E-state index is 0.0686. The zero-order valence-electron chi connectivity index (χ0n) is 22.3. The maximum Gasteiger partial charge on any atom is 0.229 e. The van der Waals surface area contributed by atoms with Crippen molar-refractivity contribution in [2.45, 2.75) is 42.9 Å². The molecular formula is C27H36O13. The van der Waals surface area contributed by atoms with Gasteiger partial charge in [0.25, 0.3) is 0 Å². The first-order valence-corrected chi connectivity index (χ1v) is 12.4. The molecule has 40 heavy (non-hydrogen) atoms. The predicted octanol–water partition coefficient (Wildman–Crippen LogP) is -0.630. The molecule has 0 bridgehead atoms. The highest BCUT2D eigenvalue weighted by Gasteiger charge is 2.45. The van der Waals surface area contributed by atoms with E-state index in [-0.39, 0.29) is 40.9 Å². The topological polar surface area (TPSA) is 197 Å². The SMILES string of the molecule is COc1cc([C@H](O)[C@@H](CO)Oc2c(OC)cc(C=CCO)cc2OC)ccc1O[C@@H]1O[C@H](CO)[C@@H](O)[C@H](O)[C@H]1O. The first kappa shape index (κ1) is 31.4. The van der Waals surface area contributed by atoms with Crippen molar-refractivity contribution in [2.24, 2.45) is 0 Å². The highest BCUT2D eigenvalue weighted by molar-refractivity contribution is 5.62. The molecule has 1 fully saturated rings. The fraction of sp³-hybridized carbons (Fsp3) is 0.481. The van der Waals surface area contributed by atoms with Crippen molar-refractivity contribution >= 4 is 6.08 Å². The number of aliphatic hydroxyl groups excluding tert-OH is 7. The van der Waals surface area contributed by atoms with Crippen LogP contribution in [0.15, 0.2) is 36.4 Å². The summed E-state index contributed by atoms with van der Waals surface area (Å²) in [7, 11) is 4.18. The lowest BCUT2D eigenvalue weighted by atomic mass is 9.99. The number of ether oxygens (including phenoxy) is 6. The van der Waals surface area contributed by atoms with Crippen molar-refractivity contribution in [1.82, 2.24) is 0 Å². The minimum atomic E-state index is -1.63. The largest absolute Gasteiger partial charge is 0.493 e. The predicted molar refractivity (Wildman–Crippen MR) is 140 cm³/mol. The van der Waals surface area contributed by atoms with E-state index in [2.05, 4.69) is 0 Å². The Balaban J connectivity index is 1.84. The Bertz CT molecular complexity index is 1100. The summed E-state index contributed by atoms with van der Waals surface area (Å²) in [6, 6.07) is 7.58. The molecule has 0 unspecified atom stereocenters. The van der Waals surface area contributed by atoms with Gasteiger partial charge in [0, 0.05) is 0 Å². The van der Waals surface area contributed by atoms with Crippen molar-refractivity contribution in [1.29, 1.82) is 0 Å². The Labute approximate surface area is 231 Å². The molecule has 7 N–H and O–H groups in total. The van der Waals surface area contributed by atoms with Crippen LogP contribution in [0.4, 0.5) is 0 Å². The molecule has 0 aromatic heterocycles. The lowest BCUT2D eigenvalue weighted by Crippen LogP contribution is -2.60. The van der Waals surface area contributed by atoms with Crippen molar-refractivity contribution in [3.8, 4) is 28.7 Å². The molecule has 0 saturated carbocycles. The summed E-state index contributed by atoms with van der Waals surface area (Å²) in [4.78, 5) is 0. The van der Waals surface area contributed by atoms with Gasteiger partial charge in [0.05, 0.1) is 41.2 Å². The van der Waals surface area contributed by atoms with E-state index in [0.717, 1.165) is 0 Å². The second-order valence-corrected chi connectivity index (χ2v) is 8.85. The number of rotatable bonds is 13. The molecule has 0 radical (unpaired) electrons. The third-order valence-electron chi connectivity index (χ3n) is 6.32. The number of methoxy groups -OCH3 is 3. The van der Waals surface area contributed by atoms with Gasteiger partial charge in [-0.05, 0) is 35.4 Å². The van der Waals surface area contributed by atoms with E-state index in [1.54, 1.807) is 18.2 Å². The van der Waals surface area contributed by atoms with Gasteiger partial charge in [-0.1, -0.05) is 18.2 Å². The van der Waals surface area contributed by atoms with Crippen molar-refractivity contribution < 1.29 is 64.2 Å². The molecule has 1 aliphatic rings. The molecule has 2 aromatic carbocycles. The maximum atomic E-state index is 11.1. The molecule has 0 aliphatic carbocycles. The second kappa shape index (κ2) is 14.5. The monoisotopic (exact) mass is 568 g/mol. The Hall–Kier alpha value is -3.14. The van der Waals surface area contributed by atoms with Crippen LogP contribution in [0, 0.1) is 0 Å². The van der Waals surface area contributed by atoms with Crippen molar-refractivity contribution in [3.63, 3.8) is 0 Å². The van der Waals surface area contributed by atoms with Gasteiger partial charge in [-0.3, -0.25) is 0 Å². The quantitative estimate of drug-likeness (QED) is 0.161. The Kier molecular flexibility index (Phi) is 11.4. The van der Waals surface area contributed by atoms with Crippen LogP contribution in [0.2, 0.25) is 0 Å². The van der Waals surface area contributed by atoms with Gasteiger partial charge in [-0.2, -0.15) is 0 Å². The van der Waals surface area contributed by atoms with Gasteiger partial charge in [0.2, 0.25) is 12.0 Å².